The number of halogens is 1. The number of nitrogens with one attached hydrogen (secondary N) is 2. The Balaban J connectivity index is 1.20. The molecule has 0 atom stereocenters. The highest BCUT2D eigenvalue weighted by molar-refractivity contribution is 6.31. The van der Waals surface area contributed by atoms with Crippen molar-refractivity contribution in [3.63, 3.8) is 0 Å². The molecular formula is C33H40ClN3O3. The number of rotatable bonds is 12. The Hall–Kier alpha value is -3.09. The molecule has 2 saturated carbocycles. The Kier molecular flexibility index (Phi) is 8.67. The topological polar surface area (TPSA) is 72.5 Å². The predicted molar refractivity (Wildman–Crippen MR) is 160 cm³/mol. The van der Waals surface area contributed by atoms with Crippen molar-refractivity contribution >= 4 is 17.7 Å². The Morgan fingerprint density at radius 2 is 1.88 bits per heavy atom. The van der Waals surface area contributed by atoms with Crippen LogP contribution >= 0.6 is 11.6 Å². The van der Waals surface area contributed by atoms with Gasteiger partial charge in [-0.25, -0.2) is 4.79 Å². The molecule has 2 aliphatic rings. The largest absolute Gasteiger partial charge is 0.490 e. The van der Waals surface area contributed by atoms with E-state index >= 15 is 0 Å². The molecule has 212 valence electrons. The van der Waals surface area contributed by atoms with Gasteiger partial charge in [0.25, 0.3) is 0 Å². The number of pyridine rings is 1. The lowest BCUT2D eigenvalue weighted by molar-refractivity contribution is 0.0527. The van der Waals surface area contributed by atoms with Crippen molar-refractivity contribution in [1.82, 2.24) is 15.6 Å². The van der Waals surface area contributed by atoms with Crippen LogP contribution in [0.4, 0.5) is 4.79 Å². The van der Waals surface area contributed by atoms with Crippen molar-refractivity contribution in [3.8, 4) is 16.9 Å². The number of para-hydroxylation sites is 1. The van der Waals surface area contributed by atoms with Crippen LogP contribution in [0.15, 0.2) is 60.9 Å². The van der Waals surface area contributed by atoms with E-state index in [4.69, 9.17) is 21.1 Å². The second kappa shape index (κ2) is 12.2. The van der Waals surface area contributed by atoms with Crippen LogP contribution in [0.2, 0.25) is 5.02 Å². The summed E-state index contributed by atoms with van der Waals surface area (Å²) in [6, 6.07) is 16.7. The van der Waals surface area contributed by atoms with Gasteiger partial charge in [-0.2, -0.15) is 0 Å². The molecule has 6 nitrogen and oxygen atoms in total. The number of carbonyl (C=O) groups is 1. The van der Waals surface area contributed by atoms with Gasteiger partial charge in [0.2, 0.25) is 0 Å². The van der Waals surface area contributed by atoms with Gasteiger partial charge in [0.1, 0.15) is 11.4 Å². The summed E-state index contributed by atoms with van der Waals surface area (Å²) >= 11 is 6.63. The van der Waals surface area contributed by atoms with Gasteiger partial charge in [0.15, 0.2) is 0 Å². The minimum absolute atomic E-state index is 0.122. The van der Waals surface area contributed by atoms with Gasteiger partial charge in [0, 0.05) is 41.6 Å². The van der Waals surface area contributed by atoms with Crippen molar-refractivity contribution in [1.29, 1.82) is 0 Å². The summed E-state index contributed by atoms with van der Waals surface area (Å²) in [6.07, 6.45) is 11.0. The Morgan fingerprint density at radius 1 is 1.07 bits per heavy atom. The summed E-state index contributed by atoms with van der Waals surface area (Å²) < 4.78 is 11.5. The Morgan fingerprint density at radius 3 is 2.62 bits per heavy atom. The van der Waals surface area contributed by atoms with Gasteiger partial charge >= 0.3 is 6.09 Å². The Bertz CT molecular complexity index is 1330. The first-order valence-corrected chi connectivity index (χ1v) is 14.8. The molecule has 5 rings (SSSR count). The minimum atomic E-state index is -0.482. The third-order valence-corrected chi connectivity index (χ3v) is 7.74. The van der Waals surface area contributed by atoms with E-state index in [2.05, 4.69) is 52.0 Å². The van der Waals surface area contributed by atoms with Gasteiger partial charge in [0.05, 0.1) is 6.10 Å². The van der Waals surface area contributed by atoms with E-state index in [1.54, 1.807) is 0 Å². The maximum absolute atomic E-state index is 11.8. The highest BCUT2D eigenvalue weighted by Gasteiger charge is 2.45. The quantitative estimate of drug-likeness (QED) is 0.223. The molecule has 1 heterocycles. The highest BCUT2D eigenvalue weighted by atomic mass is 35.5. The number of alkyl carbamates (subject to hydrolysis) is 1. The zero-order chi connectivity index (χ0) is 28.2. The smallest absolute Gasteiger partial charge is 0.407 e. The molecule has 0 aliphatic heterocycles. The van der Waals surface area contributed by atoms with Crippen LogP contribution in [0.5, 0.6) is 5.75 Å². The van der Waals surface area contributed by atoms with E-state index in [-0.39, 0.29) is 11.6 Å². The summed E-state index contributed by atoms with van der Waals surface area (Å²) in [5.41, 5.74) is 5.26. The molecule has 0 radical (unpaired) electrons. The highest BCUT2D eigenvalue weighted by Crippen LogP contribution is 2.50. The van der Waals surface area contributed by atoms with Gasteiger partial charge in [-0.3, -0.25) is 4.98 Å². The molecule has 2 aromatic carbocycles. The molecule has 0 saturated heterocycles. The molecule has 2 aliphatic carbocycles. The van der Waals surface area contributed by atoms with Gasteiger partial charge < -0.3 is 20.1 Å². The summed E-state index contributed by atoms with van der Waals surface area (Å²) in [6.45, 7) is 6.88. The SMILES string of the molecule is CC(C)(C)OC(=O)NCCCCc1ccc(Cl)c(CNC2(c3cnccc3-c3ccccc3OC3CC3)CC2)c1. The van der Waals surface area contributed by atoms with Crippen molar-refractivity contribution in [2.45, 2.75) is 89.5 Å². The normalized spacial score (nSPS) is 15.9. The average Bonchev–Trinajstić information content (AvgIpc) is 3.85. The molecule has 1 amide bonds. The van der Waals surface area contributed by atoms with Crippen LogP contribution in [0, 0.1) is 0 Å². The van der Waals surface area contributed by atoms with E-state index < -0.39 is 5.60 Å². The number of hydrogen-bond donors (Lipinski definition) is 2. The van der Waals surface area contributed by atoms with Crippen molar-refractivity contribution in [3.05, 3.63) is 82.6 Å². The zero-order valence-electron chi connectivity index (χ0n) is 23.8. The molecule has 2 N–H and O–H groups in total. The molecule has 0 spiro atoms. The number of aryl methyl sites for hydroxylation is 1. The van der Waals surface area contributed by atoms with Gasteiger partial charge in [-0.05, 0) is 106 Å². The number of nitrogens with zero attached hydrogens (tertiary/aromatic N) is 1. The molecular weight excluding hydrogens is 522 g/mol. The Labute approximate surface area is 242 Å². The maximum atomic E-state index is 11.8. The number of aromatic nitrogens is 1. The molecule has 0 bridgehead atoms. The van der Waals surface area contributed by atoms with Crippen molar-refractivity contribution < 1.29 is 14.3 Å². The average molecular weight is 562 g/mol. The van der Waals surface area contributed by atoms with Gasteiger partial charge in [-0.15, -0.1) is 0 Å². The first-order chi connectivity index (χ1) is 19.2. The standard InChI is InChI=1S/C33H40ClN3O3/c1-32(2,3)40-31(38)36-18-7-6-8-23-11-14-29(34)24(20-23)21-37-33(16-17-33)28-22-35-19-15-26(28)27-9-4-5-10-30(27)39-25-12-13-25/h4-5,9-11,14-15,19-20,22,25,37H,6-8,12-13,16-18,21H2,1-3H3,(H,36,38). The first kappa shape index (κ1) is 28.4. The van der Waals surface area contributed by atoms with Crippen molar-refractivity contribution in [2.24, 2.45) is 0 Å². The fourth-order valence-electron chi connectivity index (χ4n) is 4.98. The number of benzene rings is 2. The summed E-state index contributed by atoms with van der Waals surface area (Å²) in [7, 11) is 0. The van der Waals surface area contributed by atoms with Crippen LogP contribution < -0.4 is 15.4 Å². The van der Waals surface area contributed by atoms with Crippen LogP contribution in [-0.4, -0.2) is 29.3 Å². The minimum Gasteiger partial charge on any atom is -0.490 e. The van der Waals surface area contributed by atoms with Gasteiger partial charge in [-0.1, -0.05) is 41.9 Å². The fraction of sp³-hybridized carbons (Fsp3) is 0.455. The van der Waals surface area contributed by atoms with Crippen LogP contribution in [0.1, 0.15) is 76.0 Å². The van der Waals surface area contributed by atoms with E-state index in [9.17, 15) is 4.79 Å². The van der Waals surface area contributed by atoms with E-state index in [1.807, 2.05) is 45.3 Å². The number of carbonyl (C=O) groups excluding carboxylic acids is 1. The lowest BCUT2D eigenvalue weighted by atomic mass is 9.94. The second-order valence-corrected chi connectivity index (χ2v) is 12.4. The number of unbranched alkanes of at least 4 members (excludes halogenated alkanes) is 1. The predicted octanol–water partition coefficient (Wildman–Crippen LogP) is 7.57. The second-order valence-electron chi connectivity index (χ2n) is 12.0. The van der Waals surface area contributed by atoms with E-state index in [0.717, 1.165) is 66.8 Å². The monoisotopic (exact) mass is 561 g/mol. The molecule has 2 fully saturated rings. The molecule has 1 aromatic heterocycles. The first-order valence-electron chi connectivity index (χ1n) is 14.4. The van der Waals surface area contributed by atoms with Crippen molar-refractivity contribution in [2.75, 3.05) is 6.54 Å². The maximum Gasteiger partial charge on any atom is 0.407 e. The number of ether oxygens (including phenoxy) is 2. The summed E-state index contributed by atoms with van der Waals surface area (Å²) in [5, 5.41) is 7.44. The third kappa shape index (κ3) is 7.55. The number of hydrogen-bond acceptors (Lipinski definition) is 5. The van der Waals surface area contributed by atoms with Crippen LogP contribution in [-0.2, 0) is 23.2 Å². The summed E-state index contributed by atoms with van der Waals surface area (Å²) in [4.78, 5) is 16.3. The molecule has 7 heteroatoms. The number of amides is 1. The molecule has 0 unspecified atom stereocenters. The van der Waals surface area contributed by atoms with E-state index in [0.29, 0.717) is 19.2 Å². The molecule has 40 heavy (non-hydrogen) atoms. The van der Waals surface area contributed by atoms with Crippen LogP contribution in [0.3, 0.4) is 0 Å². The zero-order valence-corrected chi connectivity index (χ0v) is 24.5. The van der Waals surface area contributed by atoms with E-state index in [1.165, 1.54) is 16.7 Å². The van der Waals surface area contributed by atoms with Crippen LogP contribution in [0.25, 0.3) is 11.1 Å². The lowest BCUT2D eigenvalue weighted by Crippen LogP contribution is -2.33. The fourth-order valence-corrected chi connectivity index (χ4v) is 5.16. The lowest BCUT2D eigenvalue weighted by Gasteiger charge is -2.23. The molecule has 3 aromatic rings. The third-order valence-electron chi connectivity index (χ3n) is 7.37. The summed E-state index contributed by atoms with van der Waals surface area (Å²) in [5.74, 6) is 0.949.